The van der Waals surface area contributed by atoms with Gasteiger partial charge in [0.1, 0.15) is 5.82 Å². The fraction of sp³-hybridized carbons (Fsp3) is 0.556. The Balaban J connectivity index is 1.67. The van der Waals surface area contributed by atoms with Gasteiger partial charge in [0.2, 0.25) is 0 Å². The Morgan fingerprint density at radius 2 is 1.71 bits per heavy atom. The Kier molecular flexibility index (Phi) is 6.73. The predicted molar refractivity (Wildman–Crippen MR) is 90.7 cm³/mol. The molecule has 0 radical (unpaired) electrons. The first-order valence-electron chi connectivity index (χ1n) is 8.50. The number of carbonyl (C=O) groups excluding carboxylic acids is 2. The first kappa shape index (κ1) is 18.4. The summed E-state index contributed by atoms with van der Waals surface area (Å²) >= 11 is 0. The molecule has 2 amide bonds. The lowest BCUT2D eigenvalue weighted by Gasteiger charge is -2.34. The highest BCUT2D eigenvalue weighted by Crippen LogP contribution is 2.17. The van der Waals surface area contributed by atoms with E-state index in [1.165, 1.54) is 12.1 Å². The van der Waals surface area contributed by atoms with Crippen molar-refractivity contribution in [3.05, 3.63) is 35.6 Å². The summed E-state index contributed by atoms with van der Waals surface area (Å²) in [5.41, 5.74) is 0.749. The quantitative estimate of drug-likeness (QED) is 0.805. The topological polar surface area (TPSA) is 61.4 Å². The van der Waals surface area contributed by atoms with Gasteiger partial charge in [-0.05, 0) is 63.4 Å². The Hall–Kier alpha value is -1.95. The van der Waals surface area contributed by atoms with E-state index in [2.05, 4.69) is 29.4 Å². The van der Waals surface area contributed by atoms with Gasteiger partial charge in [0.05, 0.1) is 0 Å². The Morgan fingerprint density at radius 3 is 2.29 bits per heavy atom. The monoisotopic (exact) mass is 335 g/mol. The minimum atomic E-state index is -0.654. The van der Waals surface area contributed by atoms with Gasteiger partial charge < -0.3 is 15.5 Å². The molecule has 24 heavy (non-hydrogen) atoms. The molecular formula is C18H26FN3O2. The SMILES string of the molecule is CC(C)N1CCC(CNC(=O)C(=O)NCc2ccc(F)cc2)CC1. The Labute approximate surface area is 142 Å². The van der Waals surface area contributed by atoms with Crippen molar-refractivity contribution < 1.29 is 14.0 Å². The predicted octanol–water partition coefficient (Wildman–Crippen LogP) is 1.68. The zero-order valence-electron chi connectivity index (χ0n) is 14.3. The second kappa shape index (κ2) is 8.78. The molecule has 0 saturated carbocycles. The molecule has 1 heterocycles. The summed E-state index contributed by atoms with van der Waals surface area (Å²) in [4.78, 5) is 26.1. The molecule has 5 nitrogen and oxygen atoms in total. The van der Waals surface area contributed by atoms with Crippen LogP contribution >= 0.6 is 0 Å². The van der Waals surface area contributed by atoms with E-state index in [1.54, 1.807) is 12.1 Å². The van der Waals surface area contributed by atoms with Crippen LogP contribution in [0.4, 0.5) is 4.39 Å². The van der Waals surface area contributed by atoms with Crippen molar-refractivity contribution in [2.75, 3.05) is 19.6 Å². The van der Waals surface area contributed by atoms with Crippen LogP contribution in [0.3, 0.4) is 0 Å². The molecule has 1 aliphatic heterocycles. The highest BCUT2D eigenvalue weighted by molar-refractivity contribution is 6.35. The fourth-order valence-electron chi connectivity index (χ4n) is 2.86. The van der Waals surface area contributed by atoms with Crippen LogP contribution in [-0.4, -0.2) is 42.4 Å². The van der Waals surface area contributed by atoms with Gasteiger partial charge in [-0.25, -0.2) is 4.39 Å². The van der Waals surface area contributed by atoms with Crippen LogP contribution in [0.15, 0.2) is 24.3 Å². The average molecular weight is 335 g/mol. The molecule has 1 saturated heterocycles. The molecule has 2 N–H and O–H groups in total. The number of piperidine rings is 1. The molecule has 1 aromatic carbocycles. The molecule has 132 valence electrons. The third kappa shape index (κ3) is 5.60. The number of amides is 2. The van der Waals surface area contributed by atoms with Crippen molar-refractivity contribution in [3.8, 4) is 0 Å². The lowest BCUT2D eigenvalue weighted by atomic mass is 9.96. The number of rotatable bonds is 5. The fourth-order valence-corrected chi connectivity index (χ4v) is 2.86. The smallest absolute Gasteiger partial charge is 0.309 e. The lowest BCUT2D eigenvalue weighted by molar-refractivity contribution is -0.139. The van der Waals surface area contributed by atoms with E-state index in [-0.39, 0.29) is 12.4 Å². The van der Waals surface area contributed by atoms with E-state index in [0.29, 0.717) is 18.5 Å². The number of halogens is 1. The van der Waals surface area contributed by atoms with E-state index >= 15 is 0 Å². The van der Waals surface area contributed by atoms with Crippen LogP contribution in [-0.2, 0) is 16.1 Å². The van der Waals surface area contributed by atoms with E-state index in [9.17, 15) is 14.0 Å². The van der Waals surface area contributed by atoms with Gasteiger partial charge in [0.25, 0.3) is 0 Å². The van der Waals surface area contributed by atoms with E-state index in [0.717, 1.165) is 31.5 Å². The third-order valence-electron chi connectivity index (χ3n) is 4.50. The summed E-state index contributed by atoms with van der Waals surface area (Å²) in [5.74, 6) is -1.16. The first-order chi connectivity index (χ1) is 11.5. The summed E-state index contributed by atoms with van der Waals surface area (Å²) in [6.45, 7) is 7.19. The highest BCUT2D eigenvalue weighted by atomic mass is 19.1. The van der Waals surface area contributed by atoms with E-state index < -0.39 is 11.8 Å². The maximum Gasteiger partial charge on any atom is 0.309 e. The largest absolute Gasteiger partial charge is 0.348 e. The molecule has 2 rings (SSSR count). The van der Waals surface area contributed by atoms with Crippen molar-refractivity contribution in [2.45, 2.75) is 39.3 Å². The Bertz CT molecular complexity index is 552. The lowest BCUT2D eigenvalue weighted by Crippen LogP contribution is -2.44. The van der Waals surface area contributed by atoms with Crippen LogP contribution in [0.1, 0.15) is 32.3 Å². The van der Waals surface area contributed by atoms with E-state index in [1.807, 2.05) is 0 Å². The second-order valence-electron chi connectivity index (χ2n) is 6.59. The van der Waals surface area contributed by atoms with E-state index in [4.69, 9.17) is 0 Å². The number of hydrogen-bond donors (Lipinski definition) is 2. The second-order valence-corrected chi connectivity index (χ2v) is 6.59. The van der Waals surface area contributed by atoms with Gasteiger partial charge >= 0.3 is 11.8 Å². The normalized spacial score (nSPS) is 16.2. The molecular weight excluding hydrogens is 309 g/mol. The minimum absolute atomic E-state index is 0.208. The molecule has 1 aliphatic rings. The molecule has 0 aliphatic carbocycles. The molecule has 0 atom stereocenters. The van der Waals surface area contributed by atoms with Gasteiger partial charge in [-0.1, -0.05) is 12.1 Å². The van der Waals surface area contributed by atoms with Gasteiger partial charge in [-0.15, -0.1) is 0 Å². The molecule has 0 spiro atoms. The van der Waals surface area contributed by atoms with Gasteiger partial charge in [0.15, 0.2) is 0 Å². The number of nitrogens with zero attached hydrogens (tertiary/aromatic N) is 1. The van der Waals surface area contributed by atoms with Crippen molar-refractivity contribution in [2.24, 2.45) is 5.92 Å². The zero-order chi connectivity index (χ0) is 17.5. The number of benzene rings is 1. The summed E-state index contributed by atoms with van der Waals surface area (Å²) in [7, 11) is 0. The average Bonchev–Trinajstić information content (AvgIpc) is 2.59. The third-order valence-corrected chi connectivity index (χ3v) is 4.50. The Morgan fingerprint density at radius 1 is 1.12 bits per heavy atom. The van der Waals surface area contributed by atoms with Gasteiger partial charge in [0, 0.05) is 19.1 Å². The molecule has 6 heteroatoms. The van der Waals surface area contributed by atoms with Crippen LogP contribution in [0.2, 0.25) is 0 Å². The van der Waals surface area contributed by atoms with Crippen molar-refractivity contribution >= 4 is 11.8 Å². The molecule has 0 bridgehead atoms. The summed E-state index contributed by atoms with van der Waals surface area (Å²) in [6.07, 6.45) is 2.07. The number of likely N-dealkylation sites (tertiary alicyclic amines) is 1. The maximum absolute atomic E-state index is 12.8. The molecule has 0 aromatic heterocycles. The summed E-state index contributed by atoms with van der Waals surface area (Å²) < 4.78 is 12.8. The summed E-state index contributed by atoms with van der Waals surface area (Å²) in [5, 5.41) is 5.26. The van der Waals surface area contributed by atoms with Crippen LogP contribution in [0.25, 0.3) is 0 Å². The highest BCUT2D eigenvalue weighted by Gasteiger charge is 2.22. The summed E-state index contributed by atoms with van der Waals surface area (Å²) in [6, 6.07) is 6.36. The van der Waals surface area contributed by atoms with Crippen molar-refractivity contribution in [1.82, 2.24) is 15.5 Å². The van der Waals surface area contributed by atoms with Crippen LogP contribution in [0, 0.1) is 11.7 Å². The number of hydrogen-bond acceptors (Lipinski definition) is 3. The number of nitrogens with one attached hydrogen (secondary N) is 2. The maximum atomic E-state index is 12.8. The minimum Gasteiger partial charge on any atom is -0.348 e. The molecule has 1 fully saturated rings. The van der Waals surface area contributed by atoms with Crippen LogP contribution in [0.5, 0.6) is 0 Å². The standard InChI is InChI=1S/C18H26FN3O2/c1-13(2)22-9-7-15(8-10-22)12-21-18(24)17(23)20-11-14-3-5-16(19)6-4-14/h3-6,13,15H,7-12H2,1-2H3,(H,20,23)(H,21,24). The zero-order valence-corrected chi connectivity index (χ0v) is 14.3. The van der Waals surface area contributed by atoms with Crippen LogP contribution < -0.4 is 10.6 Å². The van der Waals surface area contributed by atoms with Gasteiger partial charge in [-0.2, -0.15) is 0 Å². The first-order valence-corrected chi connectivity index (χ1v) is 8.50. The van der Waals surface area contributed by atoms with Crippen molar-refractivity contribution in [1.29, 1.82) is 0 Å². The van der Waals surface area contributed by atoms with Crippen molar-refractivity contribution in [3.63, 3.8) is 0 Å². The molecule has 0 unspecified atom stereocenters. The van der Waals surface area contributed by atoms with Gasteiger partial charge in [-0.3, -0.25) is 9.59 Å². The number of carbonyl (C=O) groups is 2. The molecule has 1 aromatic rings.